The van der Waals surface area contributed by atoms with E-state index in [1.165, 1.54) is 0 Å². The fourth-order valence-corrected chi connectivity index (χ4v) is 2.33. The molecule has 0 aliphatic heterocycles. The predicted molar refractivity (Wildman–Crippen MR) is 76.9 cm³/mol. The lowest BCUT2D eigenvalue weighted by Gasteiger charge is -2.25. The van der Waals surface area contributed by atoms with E-state index in [9.17, 15) is 13.5 Å². The quantitative estimate of drug-likeness (QED) is 0.582. The summed E-state index contributed by atoms with van der Waals surface area (Å²) in [6, 6.07) is 6.38. The number of aliphatic hydroxyl groups is 1. The Morgan fingerprint density at radius 3 is 2.25 bits per heavy atom. The Kier molecular flexibility index (Phi) is 4.68. The van der Waals surface area contributed by atoms with Gasteiger partial charge in [-0.1, -0.05) is 39.7 Å². The van der Waals surface area contributed by atoms with Crippen LogP contribution in [-0.4, -0.2) is 21.4 Å². The lowest BCUT2D eigenvalue weighted by Crippen LogP contribution is -2.31. The minimum Gasteiger partial charge on any atom is -0.385 e. The molecule has 0 saturated carbocycles. The van der Waals surface area contributed by atoms with E-state index in [2.05, 4.69) is 15.9 Å². The standard InChI is InChI=1S/C9H9BrClIO3S/c1-16(14,15)9(10,12)8(13)6-2-4-7(11)5-3-6/h2-5,8,13H,1H3/t8-,9-/m1/s1. The van der Waals surface area contributed by atoms with Crippen LogP contribution in [0.25, 0.3) is 0 Å². The molecule has 0 unspecified atom stereocenters. The normalized spacial score (nSPS) is 17.8. The number of sulfone groups is 1. The van der Waals surface area contributed by atoms with Crippen LogP contribution < -0.4 is 0 Å². The van der Waals surface area contributed by atoms with Crippen molar-refractivity contribution in [3.63, 3.8) is 0 Å². The number of alkyl halides is 2. The number of rotatable bonds is 3. The molecular formula is C9H9BrClIO3S. The first-order chi connectivity index (χ1) is 7.16. The molecule has 0 fully saturated rings. The minimum absolute atomic E-state index is 0.487. The van der Waals surface area contributed by atoms with E-state index in [0.717, 1.165) is 6.26 Å². The number of halogens is 3. The van der Waals surface area contributed by atoms with Gasteiger partial charge in [0.2, 0.25) is 1.66 Å². The van der Waals surface area contributed by atoms with Gasteiger partial charge >= 0.3 is 0 Å². The number of hydrogen-bond acceptors (Lipinski definition) is 3. The number of aliphatic hydroxyl groups excluding tert-OH is 1. The average molecular weight is 439 g/mol. The third-order valence-corrected chi connectivity index (χ3v) is 8.65. The highest BCUT2D eigenvalue weighted by Crippen LogP contribution is 2.44. The third kappa shape index (κ3) is 3.10. The highest BCUT2D eigenvalue weighted by Gasteiger charge is 2.43. The topological polar surface area (TPSA) is 54.4 Å². The molecule has 0 heterocycles. The Hall–Kier alpha value is 0.630. The van der Waals surface area contributed by atoms with Gasteiger partial charge in [0, 0.05) is 11.3 Å². The van der Waals surface area contributed by atoms with E-state index < -0.39 is 17.6 Å². The van der Waals surface area contributed by atoms with Gasteiger partial charge in [0.15, 0.2) is 9.84 Å². The maximum atomic E-state index is 11.5. The Bertz CT molecular complexity index is 472. The molecule has 0 aliphatic rings. The molecule has 16 heavy (non-hydrogen) atoms. The van der Waals surface area contributed by atoms with Crippen LogP contribution in [0.3, 0.4) is 0 Å². The third-order valence-electron chi connectivity index (χ3n) is 2.00. The summed E-state index contributed by atoms with van der Waals surface area (Å²) in [5, 5.41) is 10.5. The summed E-state index contributed by atoms with van der Waals surface area (Å²) >= 11 is 10.4. The van der Waals surface area contributed by atoms with Crippen LogP contribution in [0.1, 0.15) is 11.7 Å². The van der Waals surface area contributed by atoms with Crippen LogP contribution in [0, 0.1) is 0 Å². The van der Waals surface area contributed by atoms with Crippen LogP contribution in [-0.2, 0) is 9.84 Å². The molecule has 1 rings (SSSR count). The lowest BCUT2D eigenvalue weighted by atomic mass is 10.1. The SMILES string of the molecule is CS(=O)(=O)[C@](Br)(I)[C@H](O)c1ccc(Cl)cc1. The first-order valence-corrected chi connectivity index (χ1v) is 8.31. The molecule has 0 bridgehead atoms. The van der Waals surface area contributed by atoms with Gasteiger partial charge in [0.1, 0.15) is 6.10 Å². The number of benzene rings is 1. The zero-order valence-electron chi connectivity index (χ0n) is 8.19. The van der Waals surface area contributed by atoms with Gasteiger partial charge in [-0.25, -0.2) is 8.42 Å². The predicted octanol–water partition coefficient (Wildman–Crippen LogP) is 2.90. The molecule has 3 nitrogen and oxygen atoms in total. The van der Waals surface area contributed by atoms with Crippen LogP contribution in [0.15, 0.2) is 24.3 Å². The molecule has 0 amide bonds. The molecular weight excluding hydrogens is 430 g/mol. The van der Waals surface area contributed by atoms with E-state index in [0.29, 0.717) is 10.6 Å². The monoisotopic (exact) mass is 438 g/mol. The highest BCUT2D eigenvalue weighted by atomic mass is 127. The zero-order valence-corrected chi connectivity index (χ0v) is 13.5. The van der Waals surface area contributed by atoms with Gasteiger partial charge in [-0.15, -0.1) is 0 Å². The van der Waals surface area contributed by atoms with Crippen molar-refractivity contribution in [3.05, 3.63) is 34.9 Å². The van der Waals surface area contributed by atoms with Gasteiger partial charge in [0.05, 0.1) is 0 Å². The second-order valence-electron chi connectivity index (χ2n) is 3.29. The maximum Gasteiger partial charge on any atom is 0.206 e. The second-order valence-corrected chi connectivity index (χ2v) is 11.6. The van der Waals surface area contributed by atoms with Crippen LogP contribution in [0.5, 0.6) is 0 Å². The van der Waals surface area contributed by atoms with Gasteiger partial charge in [-0.2, -0.15) is 0 Å². The Balaban J connectivity index is 3.12. The van der Waals surface area contributed by atoms with E-state index in [-0.39, 0.29) is 0 Å². The molecule has 0 aliphatic carbocycles. The van der Waals surface area contributed by atoms with Crippen molar-refractivity contribution in [1.82, 2.24) is 0 Å². The van der Waals surface area contributed by atoms with E-state index in [1.54, 1.807) is 46.9 Å². The summed E-state index contributed by atoms with van der Waals surface area (Å²) in [7, 11) is -3.44. The van der Waals surface area contributed by atoms with Gasteiger partial charge in [-0.3, -0.25) is 0 Å². The van der Waals surface area contributed by atoms with Crippen molar-refractivity contribution in [3.8, 4) is 0 Å². The van der Waals surface area contributed by atoms with Crippen molar-refractivity contribution in [2.75, 3.05) is 6.26 Å². The van der Waals surface area contributed by atoms with E-state index in [1.807, 2.05) is 0 Å². The van der Waals surface area contributed by atoms with E-state index >= 15 is 0 Å². The van der Waals surface area contributed by atoms with Crippen molar-refractivity contribution >= 4 is 60.0 Å². The minimum atomic E-state index is -3.44. The summed E-state index contributed by atoms with van der Waals surface area (Å²) < 4.78 is 21.5. The molecule has 7 heteroatoms. The molecule has 2 atom stereocenters. The Labute approximate surface area is 121 Å². The molecule has 0 radical (unpaired) electrons. The fourth-order valence-electron chi connectivity index (χ4n) is 1.04. The largest absolute Gasteiger partial charge is 0.385 e. The summed E-state index contributed by atoms with van der Waals surface area (Å²) in [5.41, 5.74) is 0.487. The summed E-state index contributed by atoms with van der Waals surface area (Å²) in [6.07, 6.45) is -0.104. The summed E-state index contributed by atoms with van der Waals surface area (Å²) in [4.78, 5) is 0. The van der Waals surface area contributed by atoms with Gasteiger partial charge in [0.25, 0.3) is 0 Å². The molecule has 0 aromatic heterocycles. The molecule has 1 aromatic carbocycles. The van der Waals surface area contributed by atoms with Crippen LogP contribution >= 0.6 is 50.1 Å². The molecule has 1 aromatic rings. The Morgan fingerprint density at radius 2 is 1.88 bits per heavy atom. The molecule has 0 spiro atoms. The fraction of sp³-hybridized carbons (Fsp3) is 0.333. The summed E-state index contributed by atoms with van der Waals surface area (Å²) in [5.74, 6) is 0. The molecule has 0 saturated heterocycles. The number of hydrogen-bond donors (Lipinski definition) is 1. The highest BCUT2D eigenvalue weighted by molar-refractivity contribution is 14.1. The van der Waals surface area contributed by atoms with Crippen molar-refractivity contribution in [2.45, 2.75) is 7.77 Å². The first kappa shape index (κ1) is 14.7. The van der Waals surface area contributed by atoms with Gasteiger partial charge in [-0.05, 0) is 40.3 Å². The van der Waals surface area contributed by atoms with Crippen molar-refractivity contribution < 1.29 is 13.5 Å². The maximum absolute atomic E-state index is 11.5. The second kappa shape index (κ2) is 5.09. The summed E-state index contributed by atoms with van der Waals surface area (Å²) in [6.45, 7) is 0. The van der Waals surface area contributed by atoms with E-state index in [4.69, 9.17) is 11.6 Å². The molecule has 1 N–H and O–H groups in total. The Morgan fingerprint density at radius 1 is 1.44 bits per heavy atom. The van der Waals surface area contributed by atoms with Crippen molar-refractivity contribution in [1.29, 1.82) is 0 Å². The van der Waals surface area contributed by atoms with Crippen molar-refractivity contribution in [2.24, 2.45) is 0 Å². The van der Waals surface area contributed by atoms with Crippen LogP contribution in [0.2, 0.25) is 5.02 Å². The smallest absolute Gasteiger partial charge is 0.206 e. The van der Waals surface area contributed by atoms with Gasteiger partial charge < -0.3 is 5.11 Å². The lowest BCUT2D eigenvalue weighted by molar-refractivity contribution is 0.191. The van der Waals surface area contributed by atoms with Crippen LogP contribution in [0.4, 0.5) is 0 Å². The molecule has 90 valence electrons. The first-order valence-electron chi connectivity index (χ1n) is 4.17. The zero-order chi connectivity index (χ0) is 12.6. The average Bonchev–Trinajstić information content (AvgIpc) is 2.16.